The highest BCUT2D eigenvalue weighted by atomic mass is 32.3. The average molecular weight is 259 g/mol. The number of methoxy groups -OCH3 is 1. The number of rotatable bonds is 2. The van der Waals surface area contributed by atoms with E-state index in [2.05, 4.69) is 0 Å². The van der Waals surface area contributed by atoms with E-state index in [1.807, 2.05) is 6.07 Å². The summed E-state index contributed by atoms with van der Waals surface area (Å²) >= 11 is 1.08. The van der Waals surface area contributed by atoms with Gasteiger partial charge >= 0.3 is 10.1 Å². The molecule has 16 heavy (non-hydrogen) atoms. The number of hydrogen-bond donors (Lipinski definition) is 0. The molecule has 2 rings (SSSR count). The molecular formula is C10H11O4S2+. The maximum atomic E-state index is 11.3. The van der Waals surface area contributed by atoms with Gasteiger partial charge in [0.05, 0.1) is 11.8 Å². The van der Waals surface area contributed by atoms with Crippen LogP contribution in [-0.2, 0) is 10.1 Å². The first kappa shape index (κ1) is 11.4. The fraction of sp³-hybridized carbons (Fsp3) is 0.200. The molecule has 2 N–H and O–H groups in total. The van der Waals surface area contributed by atoms with E-state index in [9.17, 15) is 8.42 Å². The van der Waals surface area contributed by atoms with Crippen molar-refractivity contribution in [1.29, 1.82) is 0 Å². The lowest BCUT2D eigenvalue weighted by Crippen LogP contribution is -1.96. The van der Waals surface area contributed by atoms with E-state index in [0.29, 0.717) is 11.3 Å². The Hall–Kier alpha value is -1.11. The lowest BCUT2D eigenvalue weighted by molar-refractivity contribution is 0.420. The molecule has 0 amide bonds. The van der Waals surface area contributed by atoms with Crippen LogP contribution in [0.2, 0.25) is 0 Å². The third-order valence-electron chi connectivity index (χ3n) is 2.35. The second-order valence-electron chi connectivity index (χ2n) is 3.35. The third kappa shape index (κ3) is 1.68. The topological polar surface area (TPSA) is 66.3 Å². The summed E-state index contributed by atoms with van der Waals surface area (Å²) in [6.07, 6.45) is 0. The Bertz CT molecular complexity index is 640. The van der Waals surface area contributed by atoms with Gasteiger partial charge in [-0.05, 0) is 18.6 Å². The Labute approximate surface area is 97.2 Å². The van der Waals surface area contributed by atoms with Crippen molar-refractivity contribution < 1.29 is 17.7 Å². The molecule has 86 valence electrons. The first-order valence-electron chi connectivity index (χ1n) is 4.51. The Morgan fingerprint density at radius 1 is 1.38 bits per heavy atom. The molecule has 4 nitrogen and oxygen atoms in total. The Kier molecular flexibility index (Phi) is 2.65. The smallest absolute Gasteiger partial charge is 0.419 e. The van der Waals surface area contributed by atoms with Crippen LogP contribution in [-0.4, -0.2) is 20.1 Å². The maximum absolute atomic E-state index is 11.3. The normalized spacial score (nSPS) is 11.9. The van der Waals surface area contributed by atoms with E-state index in [4.69, 9.17) is 9.29 Å². The van der Waals surface area contributed by atoms with Gasteiger partial charge in [-0.1, -0.05) is 12.1 Å². The molecule has 0 aliphatic rings. The molecule has 0 spiro atoms. The number of benzene rings is 1. The summed E-state index contributed by atoms with van der Waals surface area (Å²) in [6, 6.07) is 5.41. The molecule has 0 bridgehead atoms. The lowest BCUT2D eigenvalue weighted by atomic mass is 10.2. The Morgan fingerprint density at radius 3 is 2.62 bits per heavy atom. The van der Waals surface area contributed by atoms with Gasteiger partial charge in [-0.15, -0.1) is 19.8 Å². The van der Waals surface area contributed by atoms with Crippen molar-refractivity contribution in [3.8, 4) is 5.75 Å². The minimum atomic E-state index is -3.91. The molecule has 0 saturated heterocycles. The molecule has 0 aliphatic heterocycles. The largest absolute Gasteiger partial charge is 0.495 e. The van der Waals surface area contributed by atoms with Gasteiger partial charge in [0.2, 0.25) is 4.21 Å². The van der Waals surface area contributed by atoms with Crippen molar-refractivity contribution >= 4 is 31.5 Å². The summed E-state index contributed by atoms with van der Waals surface area (Å²) in [5.41, 5.74) is 0.619. The standard InChI is InChI=1S/C10H10O4S2/c1-6-7-4-3-5-8(14-2)9(7)15-10(6)16(11,12)13/h3-5H,1-2H3,(H,11,12,13)/p+1. The first-order chi connectivity index (χ1) is 7.45. The fourth-order valence-electron chi connectivity index (χ4n) is 1.61. The van der Waals surface area contributed by atoms with Crippen molar-refractivity contribution in [2.24, 2.45) is 0 Å². The second-order valence-corrected chi connectivity index (χ2v) is 6.05. The summed E-state index contributed by atoms with van der Waals surface area (Å²) in [4.78, 5) is 0. The number of hydrogen-bond acceptors (Lipinski definition) is 4. The molecule has 0 radical (unpaired) electrons. The van der Waals surface area contributed by atoms with Crippen molar-refractivity contribution in [3.63, 3.8) is 0 Å². The van der Waals surface area contributed by atoms with E-state index in [1.165, 1.54) is 0 Å². The minimum Gasteiger partial charge on any atom is -0.495 e. The van der Waals surface area contributed by atoms with Crippen LogP contribution >= 0.6 is 11.3 Å². The average Bonchev–Trinajstić information content (AvgIpc) is 2.56. The van der Waals surface area contributed by atoms with Gasteiger partial charge < -0.3 is 9.29 Å². The SMILES string of the molecule is COc1cccc2c(C)c(S(=O)(=O)[OH2+])sc12. The summed E-state index contributed by atoms with van der Waals surface area (Å²) in [6.45, 7) is 1.71. The van der Waals surface area contributed by atoms with Crippen LogP contribution in [0.25, 0.3) is 10.1 Å². The number of ether oxygens (including phenoxy) is 1. The summed E-state index contributed by atoms with van der Waals surface area (Å²) in [5.74, 6) is 0.639. The van der Waals surface area contributed by atoms with Gasteiger partial charge in [0, 0.05) is 5.39 Å². The van der Waals surface area contributed by atoms with E-state index in [1.54, 1.807) is 26.2 Å². The van der Waals surface area contributed by atoms with Crippen LogP contribution in [0.5, 0.6) is 5.75 Å². The van der Waals surface area contributed by atoms with Gasteiger partial charge in [0.1, 0.15) is 5.75 Å². The van der Waals surface area contributed by atoms with Crippen LogP contribution < -0.4 is 4.74 Å². The third-order valence-corrected chi connectivity index (χ3v) is 5.17. The lowest BCUT2D eigenvalue weighted by Gasteiger charge is -1.99. The molecule has 0 saturated carbocycles. The highest BCUT2D eigenvalue weighted by Gasteiger charge is 2.24. The number of aryl methyl sites for hydroxylation is 1. The zero-order chi connectivity index (χ0) is 11.9. The summed E-state index contributed by atoms with van der Waals surface area (Å²) < 4.78 is 35.7. The summed E-state index contributed by atoms with van der Waals surface area (Å²) in [5, 5.41) is 0.829. The Balaban J connectivity index is 2.88. The molecule has 2 aromatic rings. The first-order valence-corrected chi connectivity index (χ1v) is 6.81. The van der Waals surface area contributed by atoms with Crippen LogP contribution in [0.1, 0.15) is 5.56 Å². The van der Waals surface area contributed by atoms with Gasteiger partial charge in [0.25, 0.3) is 0 Å². The van der Waals surface area contributed by atoms with E-state index < -0.39 is 10.1 Å². The van der Waals surface area contributed by atoms with Gasteiger partial charge in [-0.2, -0.15) is 0 Å². The van der Waals surface area contributed by atoms with Crippen molar-refractivity contribution in [3.05, 3.63) is 23.8 Å². The van der Waals surface area contributed by atoms with Crippen LogP contribution in [0.4, 0.5) is 0 Å². The second kappa shape index (κ2) is 3.73. The minimum absolute atomic E-state index is 0.0898. The van der Waals surface area contributed by atoms with Crippen molar-refractivity contribution in [2.75, 3.05) is 7.11 Å². The van der Waals surface area contributed by atoms with Crippen molar-refractivity contribution in [1.82, 2.24) is 0 Å². The molecule has 1 heterocycles. The number of fused-ring (bicyclic) bond motifs is 1. The van der Waals surface area contributed by atoms with Gasteiger partial charge in [-0.3, -0.25) is 0 Å². The quantitative estimate of drug-likeness (QED) is 0.770. The van der Waals surface area contributed by atoms with Crippen LogP contribution in [0, 0.1) is 6.92 Å². The maximum Gasteiger partial charge on any atom is 0.419 e. The predicted octanol–water partition coefficient (Wildman–Crippen LogP) is 1.63. The van der Waals surface area contributed by atoms with Gasteiger partial charge in [0.15, 0.2) is 0 Å². The zero-order valence-electron chi connectivity index (χ0n) is 8.77. The van der Waals surface area contributed by atoms with Crippen LogP contribution in [0.3, 0.4) is 0 Å². The highest BCUT2D eigenvalue weighted by molar-refractivity contribution is 7.88. The highest BCUT2D eigenvalue weighted by Crippen LogP contribution is 2.38. The molecular weight excluding hydrogens is 248 g/mol. The molecule has 0 atom stereocenters. The zero-order valence-corrected chi connectivity index (χ0v) is 10.4. The summed E-state index contributed by atoms with van der Waals surface area (Å²) in [7, 11) is -2.37. The predicted molar refractivity (Wildman–Crippen MR) is 63.9 cm³/mol. The molecule has 6 heteroatoms. The van der Waals surface area contributed by atoms with E-state index in [0.717, 1.165) is 21.4 Å². The number of thiophene rings is 1. The molecule has 1 aromatic carbocycles. The Morgan fingerprint density at radius 2 is 2.06 bits per heavy atom. The van der Waals surface area contributed by atoms with Gasteiger partial charge in [-0.25, -0.2) is 0 Å². The molecule has 1 aromatic heterocycles. The monoisotopic (exact) mass is 259 g/mol. The van der Waals surface area contributed by atoms with E-state index >= 15 is 0 Å². The molecule has 0 aliphatic carbocycles. The van der Waals surface area contributed by atoms with Crippen LogP contribution in [0.15, 0.2) is 22.4 Å². The molecule has 0 unspecified atom stereocenters. The van der Waals surface area contributed by atoms with E-state index in [-0.39, 0.29) is 4.21 Å². The molecule has 0 fully saturated rings. The fourth-order valence-corrected chi connectivity index (χ4v) is 3.85. The van der Waals surface area contributed by atoms with Crippen molar-refractivity contribution in [2.45, 2.75) is 11.1 Å².